The van der Waals surface area contributed by atoms with E-state index in [-0.39, 0.29) is 35.3 Å². The Morgan fingerprint density at radius 2 is 2.00 bits per heavy atom. The van der Waals surface area contributed by atoms with E-state index in [4.69, 9.17) is 0 Å². The highest BCUT2D eigenvalue weighted by atomic mass is 19.1. The molecule has 2 unspecified atom stereocenters. The highest BCUT2D eigenvalue weighted by Gasteiger charge is 2.43. The van der Waals surface area contributed by atoms with E-state index >= 15 is 0 Å². The molecule has 130 valence electrons. The molecular weight excluding hydrogens is 323 g/mol. The molecule has 0 radical (unpaired) electrons. The summed E-state index contributed by atoms with van der Waals surface area (Å²) in [6, 6.07) is 5.86. The van der Waals surface area contributed by atoms with Crippen molar-refractivity contribution in [3.8, 4) is 5.69 Å². The lowest BCUT2D eigenvalue weighted by molar-refractivity contribution is -0.126. The van der Waals surface area contributed by atoms with E-state index in [2.05, 4.69) is 10.1 Å². The fraction of sp³-hybridized carbons (Fsp3) is 0.444. The minimum Gasteiger partial charge on any atom is -0.332 e. The first-order chi connectivity index (χ1) is 12.0. The molecule has 6 nitrogen and oxygen atoms in total. The number of rotatable bonds is 2. The van der Waals surface area contributed by atoms with Gasteiger partial charge in [-0.1, -0.05) is 6.42 Å². The lowest BCUT2D eigenvalue weighted by Crippen LogP contribution is -2.50. The first-order valence-corrected chi connectivity index (χ1v) is 8.58. The van der Waals surface area contributed by atoms with E-state index in [1.807, 2.05) is 0 Å². The van der Waals surface area contributed by atoms with Crippen LogP contribution in [-0.4, -0.2) is 43.9 Å². The molecule has 1 amide bonds. The Labute approximate surface area is 144 Å². The van der Waals surface area contributed by atoms with Gasteiger partial charge in [0.1, 0.15) is 17.4 Å². The number of Topliss-reactive ketones (excluding diaryl/α,β-unsaturated/α-hetero) is 1. The number of hydrogen-bond acceptors (Lipinski definition) is 4. The zero-order chi connectivity index (χ0) is 17.6. The van der Waals surface area contributed by atoms with Gasteiger partial charge >= 0.3 is 0 Å². The molecule has 2 atom stereocenters. The van der Waals surface area contributed by atoms with Gasteiger partial charge in [0.2, 0.25) is 5.82 Å². The van der Waals surface area contributed by atoms with E-state index in [1.54, 1.807) is 24.0 Å². The van der Waals surface area contributed by atoms with E-state index in [9.17, 15) is 14.0 Å². The van der Waals surface area contributed by atoms with Crippen molar-refractivity contribution >= 4 is 11.7 Å². The smallest absolute Gasteiger partial charge is 0.293 e. The summed E-state index contributed by atoms with van der Waals surface area (Å²) < 4.78 is 14.6. The monoisotopic (exact) mass is 342 g/mol. The van der Waals surface area contributed by atoms with Gasteiger partial charge in [-0.25, -0.2) is 14.1 Å². The number of aromatic nitrogens is 3. The number of carbonyl (C=O) groups is 2. The van der Waals surface area contributed by atoms with Crippen molar-refractivity contribution in [2.24, 2.45) is 5.92 Å². The van der Waals surface area contributed by atoms with E-state index in [0.29, 0.717) is 24.5 Å². The fourth-order valence-corrected chi connectivity index (χ4v) is 3.96. The third-order valence-corrected chi connectivity index (χ3v) is 5.18. The SMILES string of the molecule is Cc1nc(C(=O)N2CCC(=O)C3CCCC32)nn1-c1ccc(F)cc1. The predicted octanol–water partition coefficient (Wildman–Crippen LogP) is 2.30. The zero-order valence-corrected chi connectivity index (χ0v) is 14.0. The second-order valence-corrected chi connectivity index (χ2v) is 6.69. The van der Waals surface area contributed by atoms with Crippen LogP contribution in [0.4, 0.5) is 4.39 Å². The third kappa shape index (κ3) is 2.73. The van der Waals surface area contributed by atoms with Gasteiger partial charge < -0.3 is 4.90 Å². The second kappa shape index (κ2) is 6.06. The summed E-state index contributed by atoms with van der Waals surface area (Å²) in [5.74, 6) is 0.370. The van der Waals surface area contributed by atoms with Gasteiger partial charge in [-0.15, -0.1) is 5.10 Å². The number of halogens is 1. The Morgan fingerprint density at radius 1 is 1.24 bits per heavy atom. The highest BCUT2D eigenvalue weighted by Crippen LogP contribution is 2.35. The molecule has 4 rings (SSSR count). The molecule has 7 heteroatoms. The van der Waals surface area contributed by atoms with Gasteiger partial charge in [0.15, 0.2) is 0 Å². The van der Waals surface area contributed by atoms with Crippen LogP contribution in [0.1, 0.15) is 42.1 Å². The Kier molecular flexibility index (Phi) is 3.86. The molecule has 2 fully saturated rings. The minimum absolute atomic E-state index is 0.0215. The molecule has 2 aliphatic rings. The predicted molar refractivity (Wildman–Crippen MR) is 87.8 cm³/mol. The number of likely N-dealkylation sites (tertiary alicyclic amines) is 1. The maximum atomic E-state index is 13.1. The number of benzene rings is 1. The van der Waals surface area contributed by atoms with E-state index in [1.165, 1.54) is 16.8 Å². The number of piperidine rings is 1. The number of amides is 1. The minimum atomic E-state index is -0.330. The van der Waals surface area contributed by atoms with Crippen LogP contribution in [0.3, 0.4) is 0 Å². The topological polar surface area (TPSA) is 68.1 Å². The number of nitrogens with zero attached hydrogens (tertiary/aromatic N) is 4. The highest BCUT2D eigenvalue weighted by molar-refractivity contribution is 5.93. The molecule has 1 aromatic heterocycles. The lowest BCUT2D eigenvalue weighted by Gasteiger charge is -2.36. The van der Waals surface area contributed by atoms with Gasteiger partial charge in [0.05, 0.1) is 5.69 Å². The summed E-state index contributed by atoms with van der Waals surface area (Å²) in [4.78, 5) is 31.0. The molecule has 1 saturated carbocycles. The molecule has 1 aliphatic carbocycles. The molecule has 0 bridgehead atoms. The second-order valence-electron chi connectivity index (χ2n) is 6.69. The summed E-state index contributed by atoms with van der Waals surface area (Å²) >= 11 is 0. The van der Waals surface area contributed by atoms with Crippen molar-refractivity contribution in [1.82, 2.24) is 19.7 Å². The number of hydrogen-bond donors (Lipinski definition) is 0. The van der Waals surface area contributed by atoms with Crippen molar-refractivity contribution in [2.75, 3.05) is 6.54 Å². The summed E-state index contributed by atoms with van der Waals surface area (Å²) in [5, 5.41) is 4.33. The van der Waals surface area contributed by atoms with Crippen LogP contribution in [0.15, 0.2) is 24.3 Å². The third-order valence-electron chi connectivity index (χ3n) is 5.18. The molecule has 0 N–H and O–H groups in total. The van der Waals surface area contributed by atoms with Crippen molar-refractivity contribution in [3.63, 3.8) is 0 Å². The number of fused-ring (bicyclic) bond motifs is 1. The molecule has 2 aromatic rings. The van der Waals surface area contributed by atoms with Crippen molar-refractivity contribution in [2.45, 2.75) is 38.6 Å². The van der Waals surface area contributed by atoms with Crippen molar-refractivity contribution in [3.05, 3.63) is 41.7 Å². The Balaban J connectivity index is 1.62. The van der Waals surface area contributed by atoms with Gasteiger partial charge in [-0.2, -0.15) is 0 Å². The van der Waals surface area contributed by atoms with Crippen LogP contribution in [-0.2, 0) is 4.79 Å². The van der Waals surface area contributed by atoms with Crippen LogP contribution < -0.4 is 0 Å². The Morgan fingerprint density at radius 3 is 2.76 bits per heavy atom. The quantitative estimate of drug-likeness (QED) is 0.840. The average Bonchev–Trinajstić information content (AvgIpc) is 3.23. The number of aryl methyl sites for hydroxylation is 1. The van der Waals surface area contributed by atoms with Crippen LogP contribution in [0.2, 0.25) is 0 Å². The first-order valence-electron chi connectivity index (χ1n) is 8.58. The van der Waals surface area contributed by atoms with Crippen molar-refractivity contribution in [1.29, 1.82) is 0 Å². The van der Waals surface area contributed by atoms with Gasteiger partial charge in [-0.3, -0.25) is 9.59 Å². The normalized spacial score (nSPS) is 23.0. The standard InChI is InChI=1S/C18H19FN4O2/c1-11-20-17(21-23(11)13-7-5-12(19)6-8-13)18(25)22-10-9-16(24)14-3-2-4-15(14)22/h5-8,14-15H,2-4,9-10H2,1H3. The van der Waals surface area contributed by atoms with E-state index in [0.717, 1.165) is 19.3 Å². The zero-order valence-electron chi connectivity index (χ0n) is 14.0. The Hall–Kier alpha value is -2.57. The number of carbonyl (C=O) groups excluding carboxylic acids is 2. The average molecular weight is 342 g/mol. The maximum absolute atomic E-state index is 13.1. The van der Waals surface area contributed by atoms with E-state index < -0.39 is 0 Å². The van der Waals surface area contributed by atoms with Crippen LogP contribution >= 0.6 is 0 Å². The van der Waals surface area contributed by atoms with Crippen LogP contribution in [0, 0.1) is 18.7 Å². The lowest BCUT2D eigenvalue weighted by atomic mass is 9.90. The molecule has 25 heavy (non-hydrogen) atoms. The van der Waals surface area contributed by atoms with Crippen LogP contribution in [0.25, 0.3) is 5.69 Å². The van der Waals surface area contributed by atoms with Gasteiger partial charge in [-0.05, 0) is 44.0 Å². The van der Waals surface area contributed by atoms with Gasteiger partial charge in [0.25, 0.3) is 5.91 Å². The molecule has 0 spiro atoms. The van der Waals surface area contributed by atoms with Gasteiger partial charge in [0, 0.05) is 24.9 Å². The summed E-state index contributed by atoms with van der Waals surface area (Å²) in [5.41, 5.74) is 0.651. The summed E-state index contributed by atoms with van der Waals surface area (Å²) in [6.07, 6.45) is 3.11. The van der Waals surface area contributed by atoms with Crippen LogP contribution in [0.5, 0.6) is 0 Å². The summed E-state index contributed by atoms with van der Waals surface area (Å²) in [6.45, 7) is 2.19. The number of ketones is 1. The first kappa shape index (κ1) is 15.9. The Bertz CT molecular complexity index is 830. The molecule has 1 aliphatic heterocycles. The van der Waals surface area contributed by atoms with Crippen molar-refractivity contribution < 1.29 is 14.0 Å². The maximum Gasteiger partial charge on any atom is 0.293 e. The fourth-order valence-electron chi connectivity index (χ4n) is 3.96. The molecule has 1 aromatic carbocycles. The molecule has 1 saturated heterocycles. The summed E-state index contributed by atoms with van der Waals surface area (Å²) in [7, 11) is 0. The molecular formula is C18H19FN4O2. The largest absolute Gasteiger partial charge is 0.332 e. The molecule has 2 heterocycles.